The van der Waals surface area contributed by atoms with E-state index in [1.54, 1.807) is 0 Å². The second kappa shape index (κ2) is 1.39. The van der Waals surface area contributed by atoms with Crippen molar-refractivity contribution >= 4 is 0 Å². The van der Waals surface area contributed by atoms with Crippen molar-refractivity contribution in [3.63, 3.8) is 0 Å². The largest absolute Gasteiger partial charge is 0.396 e. The predicted octanol–water partition coefficient (Wildman–Crippen LogP) is 1.66. The number of rotatable bonds is 1. The summed E-state index contributed by atoms with van der Waals surface area (Å²) in [4.78, 5) is 0. The van der Waals surface area contributed by atoms with Gasteiger partial charge in [-0.15, -0.1) is 0 Å². The summed E-state index contributed by atoms with van der Waals surface area (Å²) in [6.45, 7) is 5.17. The van der Waals surface area contributed by atoms with Crippen molar-refractivity contribution in [2.24, 2.45) is 28.6 Å². The van der Waals surface area contributed by atoms with Crippen LogP contribution in [-0.2, 0) is 0 Å². The van der Waals surface area contributed by atoms with Gasteiger partial charge in [0.2, 0.25) is 0 Å². The molecule has 11 heavy (non-hydrogen) atoms. The Kier molecular flexibility index (Phi) is 0.820. The van der Waals surface area contributed by atoms with E-state index in [9.17, 15) is 5.11 Å². The van der Waals surface area contributed by atoms with Gasteiger partial charge in [0.25, 0.3) is 0 Å². The topological polar surface area (TPSA) is 20.2 Å². The highest BCUT2D eigenvalue weighted by Crippen LogP contribution is 2.85. The zero-order chi connectivity index (χ0) is 7.85. The molecule has 0 spiro atoms. The van der Waals surface area contributed by atoms with Gasteiger partial charge in [-0.2, -0.15) is 0 Å². The van der Waals surface area contributed by atoms with E-state index in [4.69, 9.17) is 0 Å². The van der Waals surface area contributed by atoms with Crippen LogP contribution in [0, 0.1) is 28.6 Å². The molecule has 4 saturated carbocycles. The summed E-state index contributed by atoms with van der Waals surface area (Å²) in [5.74, 6) is 2.75. The van der Waals surface area contributed by atoms with Crippen molar-refractivity contribution in [3.8, 4) is 0 Å². The van der Waals surface area contributed by atoms with Crippen LogP contribution in [0.25, 0.3) is 0 Å². The molecule has 0 aromatic rings. The van der Waals surface area contributed by atoms with E-state index in [0.29, 0.717) is 17.4 Å². The molecule has 0 aromatic heterocycles. The maximum absolute atomic E-state index is 9.40. The van der Waals surface area contributed by atoms with Gasteiger partial charge in [-0.25, -0.2) is 0 Å². The van der Waals surface area contributed by atoms with Gasteiger partial charge in [0.05, 0.1) is 0 Å². The lowest BCUT2D eigenvalue weighted by molar-refractivity contribution is 0.0993. The Bertz CT molecular complexity index is 207. The molecule has 0 aromatic carbocycles. The third-order valence-electron chi connectivity index (χ3n) is 5.26. The van der Waals surface area contributed by atoms with E-state index < -0.39 is 0 Å². The van der Waals surface area contributed by atoms with E-state index >= 15 is 0 Å². The normalized spacial score (nSPS) is 61.9. The third kappa shape index (κ3) is 0.395. The van der Waals surface area contributed by atoms with Crippen LogP contribution in [0.3, 0.4) is 0 Å². The van der Waals surface area contributed by atoms with Crippen LogP contribution in [0.4, 0.5) is 0 Å². The van der Waals surface area contributed by atoms with Crippen LogP contribution < -0.4 is 0 Å². The Hall–Kier alpha value is -0.0400. The van der Waals surface area contributed by atoms with Gasteiger partial charge in [0.15, 0.2) is 0 Å². The Morgan fingerprint density at radius 3 is 2.00 bits per heavy atom. The highest BCUT2D eigenvalue weighted by atomic mass is 16.3. The molecule has 4 aliphatic rings. The molecule has 4 aliphatic carbocycles. The summed E-state index contributed by atoms with van der Waals surface area (Å²) >= 11 is 0. The Balaban J connectivity index is 2.10. The standard InChI is InChI=1S/C10H16O/c1-9(2)6-3-7-8(4-6)10(7,9)5-11/h6-8,11H,3-5H2,1-2H3. The lowest BCUT2D eigenvalue weighted by Gasteiger charge is -2.30. The molecule has 62 valence electrons. The van der Waals surface area contributed by atoms with Crippen molar-refractivity contribution in [1.29, 1.82) is 0 Å². The van der Waals surface area contributed by atoms with Crippen LogP contribution >= 0.6 is 0 Å². The summed E-state index contributed by atoms with van der Waals surface area (Å²) in [7, 11) is 0. The van der Waals surface area contributed by atoms with E-state index in [1.807, 2.05) is 0 Å². The molecule has 0 heterocycles. The Labute approximate surface area is 67.8 Å². The Morgan fingerprint density at radius 1 is 1.27 bits per heavy atom. The molecule has 0 aliphatic heterocycles. The van der Waals surface area contributed by atoms with Crippen molar-refractivity contribution in [2.45, 2.75) is 26.7 Å². The van der Waals surface area contributed by atoms with E-state index in [1.165, 1.54) is 12.8 Å². The predicted molar refractivity (Wildman–Crippen MR) is 43.0 cm³/mol. The maximum Gasteiger partial charge on any atom is 0.0498 e. The second-order valence-electron chi connectivity index (χ2n) is 5.30. The lowest BCUT2D eigenvalue weighted by Crippen LogP contribution is -2.27. The van der Waals surface area contributed by atoms with Gasteiger partial charge in [0.1, 0.15) is 0 Å². The van der Waals surface area contributed by atoms with Gasteiger partial charge in [0, 0.05) is 12.0 Å². The molecule has 1 N–H and O–H groups in total. The number of hydrogen-bond acceptors (Lipinski definition) is 1. The third-order valence-corrected chi connectivity index (χ3v) is 5.26. The van der Waals surface area contributed by atoms with Gasteiger partial charge in [-0.3, -0.25) is 0 Å². The zero-order valence-corrected chi connectivity index (χ0v) is 7.30. The molecule has 0 radical (unpaired) electrons. The minimum Gasteiger partial charge on any atom is -0.396 e. The fourth-order valence-corrected chi connectivity index (χ4v) is 4.43. The molecule has 4 rings (SSSR count). The minimum absolute atomic E-state index is 0.387. The Morgan fingerprint density at radius 2 is 1.82 bits per heavy atom. The van der Waals surface area contributed by atoms with E-state index in [2.05, 4.69) is 13.8 Å². The van der Waals surface area contributed by atoms with Crippen molar-refractivity contribution in [1.82, 2.24) is 0 Å². The zero-order valence-electron chi connectivity index (χ0n) is 7.30. The van der Waals surface area contributed by atoms with Crippen LogP contribution in [0.2, 0.25) is 0 Å². The van der Waals surface area contributed by atoms with Crippen LogP contribution in [0.5, 0.6) is 0 Å². The molecule has 4 fully saturated rings. The highest BCUT2D eigenvalue weighted by molar-refractivity contribution is 5.29. The summed E-state index contributed by atoms with van der Waals surface area (Å²) in [5.41, 5.74) is 0.842. The fraction of sp³-hybridized carbons (Fsp3) is 1.00. The minimum atomic E-state index is 0.387. The van der Waals surface area contributed by atoms with Crippen molar-refractivity contribution < 1.29 is 5.11 Å². The molecule has 1 heteroatoms. The molecular weight excluding hydrogens is 136 g/mol. The quantitative estimate of drug-likeness (QED) is 0.606. The molecule has 0 saturated heterocycles. The molecular formula is C10H16O. The van der Waals surface area contributed by atoms with Crippen LogP contribution in [0.1, 0.15) is 26.7 Å². The molecule has 4 bridgehead atoms. The second-order valence-corrected chi connectivity index (χ2v) is 5.30. The van der Waals surface area contributed by atoms with Gasteiger partial charge in [-0.1, -0.05) is 13.8 Å². The number of aliphatic hydroxyl groups is 1. The SMILES string of the molecule is CC1(C)C2CC3C(C2)C31CO. The first kappa shape index (κ1) is 6.47. The first-order chi connectivity index (χ1) is 5.14. The van der Waals surface area contributed by atoms with E-state index in [-0.39, 0.29) is 0 Å². The maximum atomic E-state index is 9.40. The summed E-state index contributed by atoms with van der Waals surface area (Å²) in [6, 6.07) is 0. The molecule has 1 nitrogen and oxygen atoms in total. The summed E-state index contributed by atoms with van der Waals surface area (Å²) in [6.07, 6.45) is 2.83. The van der Waals surface area contributed by atoms with Crippen molar-refractivity contribution in [3.05, 3.63) is 0 Å². The lowest BCUT2D eigenvalue weighted by atomic mass is 9.75. The molecule has 0 amide bonds. The number of aliphatic hydroxyl groups excluding tert-OH is 1. The average Bonchev–Trinajstić information content (AvgIpc) is 2.26. The number of hydrogen-bond donors (Lipinski definition) is 1. The molecule has 2 unspecified atom stereocenters. The summed E-state index contributed by atoms with van der Waals surface area (Å²) in [5, 5.41) is 9.40. The van der Waals surface area contributed by atoms with Crippen molar-refractivity contribution in [2.75, 3.05) is 6.61 Å². The molecule has 2 atom stereocenters. The first-order valence-electron chi connectivity index (χ1n) is 4.75. The van der Waals surface area contributed by atoms with Gasteiger partial charge >= 0.3 is 0 Å². The van der Waals surface area contributed by atoms with Gasteiger partial charge in [-0.05, 0) is 36.0 Å². The first-order valence-corrected chi connectivity index (χ1v) is 4.75. The van der Waals surface area contributed by atoms with Crippen LogP contribution in [-0.4, -0.2) is 11.7 Å². The van der Waals surface area contributed by atoms with E-state index in [0.717, 1.165) is 17.8 Å². The fourth-order valence-electron chi connectivity index (χ4n) is 4.43. The highest BCUT2D eigenvalue weighted by Gasteiger charge is 2.81. The van der Waals surface area contributed by atoms with Gasteiger partial charge < -0.3 is 5.11 Å². The monoisotopic (exact) mass is 152 g/mol. The average molecular weight is 152 g/mol. The summed E-state index contributed by atoms with van der Waals surface area (Å²) < 4.78 is 0. The van der Waals surface area contributed by atoms with Crippen LogP contribution in [0.15, 0.2) is 0 Å². The smallest absolute Gasteiger partial charge is 0.0498 e.